The summed E-state index contributed by atoms with van der Waals surface area (Å²) in [6, 6.07) is 77.5. The second-order valence-corrected chi connectivity index (χ2v) is 17.7. The van der Waals surface area contributed by atoms with Gasteiger partial charge in [0.1, 0.15) is 5.82 Å². The smallest absolute Gasteiger partial charge is 0.135 e. The molecule has 0 spiro atoms. The number of anilines is 4. The molecule has 11 aromatic rings. The summed E-state index contributed by atoms with van der Waals surface area (Å²) in [4.78, 5) is 9.53. The second kappa shape index (κ2) is 16.9. The van der Waals surface area contributed by atoms with E-state index in [0.29, 0.717) is 11.5 Å². The molecule has 0 aliphatic carbocycles. The van der Waals surface area contributed by atoms with Crippen molar-refractivity contribution in [3.63, 3.8) is 0 Å². The van der Waals surface area contributed by atoms with Crippen molar-refractivity contribution in [3.05, 3.63) is 231 Å². The number of benzene rings is 8. The van der Waals surface area contributed by atoms with Crippen LogP contribution in [0.4, 0.5) is 22.7 Å². The first-order chi connectivity index (χ1) is 32.4. The van der Waals surface area contributed by atoms with Crippen LogP contribution in [0.2, 0.25) is 0 Å². The molecule has 0 amide bonds. The van der Waals surface area contributed by atoms with Gasteiger partial charge in [0.05, 0.1) is 11.0 Å². The molecule has 8 aromatic carbocycles. The summed E-state index contributed by atoms with van der Waals surface area (Å²) >= 11 is 0. The molecule has 1 aliphatic heterocycles. The van der Waals surface area contributed by atoms with Crippen LogP contribution in [-0.2, 0) is 25.8 Å². The number of fused-ring (bicyclic) bond motifs is 6. The Morgan fingerprint density at radius 1 is 0.522 bits per heavy atom. The van der Waals surface area contributed by atoms with Crippen molar-refractivity contribution in [2.45, 2.75) is 26.2 Å². The van der Waals surface area contributed by atoms with Crippen LogP contribution in [0.15, 0.2) is 206 Å². The molecule has 7 heteroatoms. The van der Waals surface area contributed by atoms with Crippen LogP contribution in [0.1, 0.15) is 26.3 Å². The number of ether oxygens (including phenoxy) is 1. The van der Waals surface area contributed by atoms with Gasteiger partial charge in [0.15, 0.2) is 0 Å². The molecule has 4 heterocycles. The Kier molecular flexibility index (Phi) is 10.6. The van der Waals surface area contributed by atoms with E-state index >= 15 is 0 Å². The van der Waals surface area contributed by atoms with E-state index < -0.39 is 0 Å². The van der Waals surface area contributed by atoms with Gasteiger partial charge >= 0.3 is 0 Å². The van der Waals surface area contributed by atoms with Crippen LogP contribution < -0.4 is 14.5 Å². The molecule has 0 fully saturated rings. The van der Waals surface area contributed by atoms with Gasteiger partial charge in [-0.1, -0.05) is 159 Å². The summed E-state index contributed by atoms with van der Waals surface area (Å²) in [6.45, 7) is 8.89. The minimum Gasteiger partial charge on any atom is -0.509 e. The van der Waals surface area contributed by atoms with Gasteiger partial charge in [0.2, 0.25) is 0 Å². The third-order valence-electron chi connectivity index (χ3n) is 12.6. The fraction of sp³-hybridized carbons (Fsp3) is 0.0667. The second-order valence-electron chi connectivity index (χ2n) is 17.7. The summed E-state index contributed by atoms with van der Waals surface area (Å²) in [6.07, 6.45) is 1.92. The van der Waals surface area contributed by atoms with Crippen LogP contribution in [0.5, 0.6) is 11.5 Å². The molecular weight excluding hydrogens is 913 g/mol. The standard InChI is InChI=1S/C60H44N5O.Pd/c1-60(2,3)43-35-36-61-56(37-43)65-55-39-47(33-34-51(55)58-59(65)50-27-13-14-30-52(50)64(58)44-23-11-6-12-24-44)66-46-26-17-25-45(38-46)62-40-63(54-32-16-15-31-53(54)62)57-48(41-19-7-4-8-20-41)28-18-29-49(57)42-21-9-5-10-22-42;/h4-37,40H,1-3H3;/q-3;. The zero-order valence-electron chi connectivity index (χ0n) is 37.2. The molecule has 328 valence electrons. The van der Waals surface area contributed by atoms with Gasteiger partial charge in [-0.25, -0.2) is 4.98 Å². The van der Waals surface area contributed by atoms with Gasteiger partial charge < -0.3 is 23.7 Å². The van der Waals surface area contributed by atoms with Crippen LogP contribution >= 0.6 is 0 Å². The van der Waals surface area contributed by atoms with E-state index in [1.165, 1.54) is 5.56 Å². The summed E-state index contributed by atoms with van der Waals surface area (Å²) in [5.41, 5.74) is 15.0. The van der Waals surface area contributed by atoms with E-state index in [1.807, 2.05) is 24.4 Å². The molecular formula is C60H44N5OPd-3. The maximum Gasteiger partial charge on any atom is 0.135 e. The summed E-state index contributed by atoms with van der Waals surface area (Å²) in [7, 11) is 0. The van der Waals surface area contributed by atoms with Crippen molar-refractivity contribution in [2.24, 2.45) is 0 Å². The van der Waals surface area contributed by atoms with E-state index in [0.717, 1.165) is 89.3 Å². The quantitative estimate of drug-likeness (QED) is 0.112. The number of rotatable bonds is 8. The third kappa shape index (κ3) is 7.29. The first-order valence-corrected chi connectivity index (χ1v) is 22.4. The Bertz CT molecular complexity index is 3540. The fourth-order valence-corrected chi connectivity index (χ4v) is 9.52. The Morgan fingerprint density at radius 2 is 1.12 bits per heavy atom. The largest absolute Gasteiger partial charge is 0.509 e. The van der Waals surface area contributed by atoms with Crippen molar-refractivity contribution in [2.75, 3.05) is 9.80 Å². The van der Waals surface area contributed by atoms with Gasteiger partial charge in [-0.3, -0.25) is 0 Å². The normalized spacial score (nSPS) is 12.5. The van der Waals surface area contributed by atoms with Crippen molar-refractivity contribution < 1.29 is 25.2 Å². The van der Waals surface area contributed by atoms with Crippen molar-refractivity contribution >= 4 is 55.6 Å². The number of nitrogens with zero attached hydrogens (tertiary/aromatic N) is 5. The van der Waals surface area contributed by atoms with E-state index in [4.69, 9.17) is 9.72 Å². The van der Waals surface area contributed by atoms with Gasteiger partial charge in [-0.05, 0) is 64.6 Å². The molecule has 0 unspecified atom stereocenters. The van der Waals surface area contributed by atoms with Crippen molar-refractivity contribution in [1.82, 2.24) is 14.1 Å². The monoisotopic (exact) mass is 956 g/mol. The molecule has 1 aliphatic rings. The van der Waals surface area contributed by atoms with Crippen LogP contribution in [0.25, 0.3) is 66.6 Å². The molecule has 0 N–H and O–H groups in total. The molecule has 6 nitrogen and oxygen atoms in total. The first-order valence-electron chi connectivity index (χ1n) is 22.4. The predicted molar refractivity (Wildman–Crippen MR) is 271 cm³/mol. The zero-order chi connectivity index (χ0) is 44.4. The Balaban J connectivity index is 0.00000494. The van der Waals surface area contributed by atoms with E-state index in [9.17, 15) is 0 Å². The zero-order valence-corrected chi connectivity index (χ0v) is 38.7. The van der Waals surface area contributed by atoms with Gasteiger partial charge in [0, 0.05) is 82.9 Å². The van der Waals surface area contributed by atoms with Gasteiger partial charge in [0.25, 0.3) is 0 Å². The predicted octanol–water partition coefficient (Wildman–Crippen LogP) is 15.6. The minimum absolute atomic E-state index is 0. The SMILES string of the molecule is CC(C)(C)c1ccnc(-n2c3[c-]c(Oc4[c-]c(N5[CH-]N(c6c(-c7ccccc7)cccc6-c6ccccc6)c6ccccc65)ccc4)ccc3c3c2c2ccccc2n3-c2ccccc2)c1.[Pd]. The van der Waals surface area contributed by atoms with Crippen LogP contribution in [0.3, 0.4) is 0 Å². The number of aromatic nitrogens is 3. The number of hydrogen-bond donors (Lipinski definition) is 0. The Hall–Kier alpha value is -7.69. The average molecular weight is 957 g/mol. The van der Waals surface area contributed by atoms with Crippen molar-refractivity contribution in [1.29, 1.82) is 0 Å². The van der Waals surface area contributed by atoms with Gasteiger partial charge in [-0.2, -0.15) is 12.1 Å². The first kappa shape index (κ1) is 42.0. The van der Waals surface area contributed by atoms with Crippen LogP contribution in [0, 0.1) is 18.8 Å². The number of pyridine rings is 1. The van der Waals surface area contributed by atoms with E-state index in [1.54, 1.807) is 0 Å². The molecule has 0 bridgehead atoms. The molecule has 67 heavy (non-hydrogen) atoms. The molecule has 3 aromatic heterocycles. The van der Waals surface area contributed by atoms with E-state index in [-0.39, 0.29) is 25.8 Å². The average Bonchev–Trinajstić information content (AvgIpc) is 4.02. The third-order valence-corrected chi connectivity index (χ3v) is 12.6. The maximum absolute atomic E-state index is 6.78. The fourth-order valence-electron chi connectivity index (χ4n) is 9.52. The maximum atomic E-state index is 6.78. The summed E-state index contributed by atoms with van der Waals surface area (Å²) in [5.74, 6) is 1.99. The molecule has 0 saturated heterocycles. The molecule has 0 radical (unpaired) electrons. The molecule has 12 rings (SSSR count). The van der Waals surface area contributed by atoms with E-state index in [2.05, 4.69) is 240 Å². The topological polar surface area (TPSA) is 38.5 Å². The summed E-state index contributed by atoms with van der Waals surface area (Å²) in [5, 5.41) is 2.18. The molecule has 0 saturated carbocycles. The minimum atomic E-state index is -0.0730. The Morgan fingerprint density at radius 3 is 1.82 bits per heavy atom. The summed E-state index contributed by atoms with van der Waals surface area (Å²) < 4.78 is 11.4. The van der Waals surface area contributed by atoms with Crippen molar-refractivity contribution in [3.8, 4) is 45.3 Å². The molecule has 0 atom stereocenters. The number of hydrogen-bond acceptors (Lipinski definition) is 4. The number of para-hydroxylation sites is 5. The Labute approximate surface area is 404 Å². The van der Waals surface area contributed by atoms with Gasteiger partial charge in [-0.15, -0.1) is 42.7 Å². The van der Waals surface area contributed by atoms with Crippen LogP contribution in [-0.4, -0.2) is 14.1 Å².